The number of rotatable bonds is 4. The third-order valence-electron chi connectivity index (χ3n) is 4.47. The number of nitrogens with zero attached hydrogens (tertiary/aromatic N) is 1. The Morgan fingerprint density at radius 2 is 2.13 bits per heavy atom. The maximum Gasteiger partial charge on any atom is 0.223 e. The minimum Gasteiger partial charge on any atom is -0.399 e. The van der Waals surface area contributed by atoms with Crippen LogP contribution in [0.15, 0.2) is 35.7 Å². The number of anilines is 1. The van der Waals surface area contributed by atoms with Crippen molar-refractivity contribution < 1.29 is 4.79 Å². The van der Waals surface area contributed by atoms with Gasteiger partial charge in [0, 0.05) is 23.5 Å². The number of benzene rings is 1. The van der Waals surface area contributed by atoms with Gasteiger partial charge in [-0.2, -0.15) is 0 Å². The van der Waals surface area contributed by atoms with Gasteiger partial charge in [-0.15, -0.1) is 23.7 Å². The Bertz CT molecular complexity index is 671. The smallest absolute Gasteiger partial charge is 0.223 e. The third-order valence-corrected chi connectivity index (χ3v) is 5.46. The van der Waals surface area contributed by atoms with E-state index in [2.05, 4.69) is 23.3 Å². The number of nitrogens with two attached hydrogens (primary N) is 1. The topological polar surface area (TPSA) is 46.3 Å². The van der Waals surface area contributed by atoms with Crippen LogP contribution in [0.5, 0.6) is 0 Å². The Morgan fingerprint density at radius 3 is 2.87 bits per heavy atom. The number of hydrogen-bond donors (Lipinski definition) is 1. The minimum atomic E-state index is 0. The first-order valence-corrected chi connectivity index (χ1v) is 8.77. The molecule has 1 amide bonds. The zero-order valence-corrected chi connectivity index (χ0v) is 15.0. The van der Waals surface area contributed by atoms with Crippen LogP contribution in [0.1, 0.15) is 41.8 Å². The van der Waals surface area contributed by atoms with Gasteiger partial charge in [-0.25, -0.2) is 0 Å². The van der Waals surface area contributed by atoms with E-state index in [9.17, 15) is 4.79 Å². The van der Waals surface area contributed by atoms with Crippen molar-refractivity contribution in [3.8, 4) is 0 Å². The first-order valence-electron chi connectivity index (χ1n) is 7.89. The summed E-state index contributed by atoms with van der Waals surface area (Å²) >= 11 is 1.82. The maximum absolute atomic E-state index is 12.7. The molecule has 0 radical (unpaired) electrons. The number of carbonyl (C=O) groups is 1. The highest BCUT2D eigenvalue weighted by Crippen LogP contribution is 2.35. The van der Waals surface area contributed by atoms with Crippen LogP contribution in [0.2, 0.25) is 0 Å². The Hall–Kier alpha value is -1.52. The van der Waals surface area contributed by atoms with Gasteiger partial charge >= 0.3 is 0 Å². The van der Waals surface area contributed by atoms with Gasteiger partial charge in [0.05, 0.1) is 6.04 Å². The van der Waals surface area contributed by atoms with Crippen molar-refractivity contribution in [2.24, 2.45) is 0 Å². The van der Waals surface area contributed by atoms with Crippen LogP contribution in [0.4, 0.5) is 5.69 Å². The van der Waals surface area contributed by atoms with E-state index in [0.29, 0.717) is 6.42 Å². The molecule has 0 spiro atoms. The van der Waals surface area contributed by atoms with Crippen molar-refractivity contribution in [2.75, 3.05) is 12.3 Å². The summed E-state index contributed by atoms with van der Waals surface area (Å²) in [5, 5.41) is 2.14. The fraction of sp³-hybridized carbons (Fsp3) is 0.389. The summed E-state index contributed by atoms with van der Waals surface area (Å²) < 4.78 is 0. The predicted octanol–water partition coefficient (Wildman–Crippen LogP) is 4.22. The molecule has 0 fully saturated rings. The number of aryl methyl sites for hydroxylation is 1. The lowest BCUT2D eigenvalue weighted by Crippen LogP contribution is -2.39. The number of hydrogen-bond acceptors (Lipinski definition) is 3. The van der Waals surface area contributed by atoms with Crippen molar-refractivity contribution in [2.45, 2.75) is 38.6 Å². The van der Waals surface area contributed by atoms with E-state index >= 15 is 0 Å². The molecule has 1 atom stereocenters. The van der Waals surface area contributed by atoms with Gasteiger partial charge in [0.25, 0.3) is 0 Å². The summed E-state index contributed by atoms with van der Waals surface area (Å²) in [6.07, 6.45) is 3.21. The molecular formula is C18H23ClN2OS. The van der Waals surface area contributed by atoms with Crippen molar-refractivity contribution in [3.63, 3.8) is 0 Å². The molecule has 0 saturated carbocycles. The summed E-state index contributed by atoms with van der Waals surface area (Å²) in [5.41, 5.74) is 9.16. The van der Waals surface area contributed by atoms with Gasteiger partial charge in [-0.05, 0) is 47.9 Å². The summed E-state index contributed by atoms with van der Waals surface area (Å²) in [5.74, 6) is 0.243. The van der Waals surface area contributed by atoms with E-state index in [4.69, 9.17) is 5.73 Å². The largest absolute Gasteiger partial charge is 0.399 e. The molecule has 1 aromatic heterocycles. The van der Waals surface area contributed by atoms with Gasteiger partial charge < -0.3 is 10.6 Å². The Kier molecular flexibility index (Phi) is 6.08. The van der Waals surface area contributed by atoms with Gasteiger partial charge in [-0.3, -0.25) is 4.79 Å². The Balaban J connectivity index is 0.00000192. The monoisotopic (exact) mass is 350 g/mol. The molecule has 5 heteroatoms. The van der Waals surface area contributed by atoms with Gasteiger partial charge in [-0.1, -0.05) is 25.1 Å². The van der Waals surface area contributed by atoms with Gasteiger partial charge in [0.2, 0.25) is 5.91 Å². The molecule has 0 bridgehead atoms. The molecule has 1 aliphatic rings. The predicted molar refractivity (Wildman–Crippen MR) is 99.2 cm³/mol. The van der Waals surface area contributed by atoms with Crippen molar-refractivity contribution in [3.05, 3.63) is 51.7 Å². The van der Waals surface area contributed by atoms with Crippen LogP contribution in [-0.2, 0) is 17.6 Å². The zero-order valence-electron chi connectivity index (χ0n) is 13.3. The molecule has 3 rings (SSSR count). The molecule has 0 saturated heterocycles. The van der Waals surface area contributed by atoms with Crippen molar-refractivity contribution in [1.29, 1.82) is 0 Å². The summed E-state index contributed by atoms with van der Waals surface area (Å²) in [7, 11) is 0. The van der Waals surface area contributed by atoms with Crippen LogP contribution < -0.4 is 5.73 Å². The second-order valence-corrected chi connectivity index (χ2v) is 6.76. The molecule has 2 N–H and O–H groups in total. The first-order chi connectivity index (χ1) is 10.7. The average molecular weight is 351 g/mol. The standard InChI is InChI=1S/C18H22N2OS.ClH/c1-2-16-14-10-12-22-17(14)9-11-20(16)18(21)8-7-13-5-3-4-6-15(13)19;/h3-6,10,12,16H,2,7-9,11,19H2,1H3;1H. The highest BCUT2D eigenvalue weighted by molar-refractivity contribution is 7.10. The molecule has 124 valence electrons. The van der Waals surface area contributed by atoms with Crippen LogP contribution in [0, 0.1) is 0 Å². The van der Waals surface area contributed by atoms with Crippen LogP contribution in [0.3, 0.4) is 0 Å². The number of carbonyl (C=O) groups excluding carboxylic acids is 1. The van der Waals surface area contributed by atoms with Crippen molar-refractivity contribution in [1.82, 2.24) is 4.90 Å². The van der Waals surface area contributed by atoms with Gasteiger partial charge in [0.15, 0.2) is 0 Å². The number of fused-ring (bicyclic) bond motifs is 1. The van der Waals surface area contributed by atoms with E-state index < -0.39 is 0 Å². The molecule has 1 aliphatic heterocycles. The third kappa shape index (κ3) is 3.70. The van der Waals surface area contributed by atoms with Crippen molar-refractivity contribution >= 4 is 35.3 Å². The van der Waals surface area contributed by atoms with E-state index in [1.807, 2.05) is 35.6 Å². The molecule has 0 aliphatic carbocycles. The summed E-state index contributed by atoms with van der Waals surface area (Å²) in [4.78, 5) is 16.2. The highest BCUT2D eigenvalue weighted by atomic mass is 35.5. The quantitative estimate of drug-likeness (QED) is 0.839. The van der Waals surface area contributed by atoms with E-state index in [1.165, 1.54) is 10.4 Å². The number of halogens is 1. The molecule has 1 unspecified atom stereocenters. The molecule has 3 nitrogen and oxygen atoms in total. The number of nitrogen functional groups attached to an aromatic ring is 1. The lowest BCUT2D eigenvalue weighted by Gasteiger charge is -2.35. The van der Waals surface area contributed by atoms with Gasteiger partial charge in [0.1, 0.15) is 0 Å². The lowest BCUT2D eigenvalue weighted by atomic mass is 9.97. The summed E-state index contributed by atoms with van der Waals surface area (Å²) in [6.45, 7) is 3.00. The number of thiophene rings is 1. The fourth-order valence-corrected chi connectivity index (χ4v) is 4.21. The second-order valence-electron chi connectivity index (χ2n) is 5.76. The minimum absolute atomic E-state index is 0. The highest BCUT2D eigenvalue weighted by Gasteiger charge is 2.29. The number of amides is 1. The Labute approximate surface area is 147 Å². The first kappa shape index (κ1) is 17.8. The van der Waals surface area contributed by atoms with E-state index in [1.54, 1.807) is 0 Å². The molecule has 2 heterocycles. The van der Waals surface area contributed by atoms with Crippen LogP contribution in [0.25, 0.3) is 0 Å². The number of para-hydroxylation sites is 1. The van der Waals surface area contributed by atoms with Crippen LogP contribution >= 0.6 is 23.7 Å². The van der Waals surface area contributed by atoms with Crippen LogP contribution in [-0.4, -0.2) is 17.4 Å². The fourth-order valence-electron chi connectivity index (χ4n) is 3.28. The average Bonchev–Trinajstić information content (AvgIpc) is 3.01. The maximum atomic E-state index is 12.7. The summed E-state index contributed by atoms with van der Waals surface area (Å²) in [6, 6.07) is 10.2. The Morgan fingerprint density at radius 1 is 1.35 bits per heavy atom. The normalized spacial score (nSPS) is 16.6. The molecular weight excluding hydrogens is 328 g/mol. The lowest BCUT2D eigenvalue weighted by molar-refractivity contribution is -0.134. The van der Waals surface area contributed by atoms with E-state index in [0.717, 1.165) is 37.1 Å². The molecule has 2 aromatic rings. The van der Waals surface area contributed by atoms with E-state index in [-0.39, 0.29) is 24.4 Å². The molecule has 1 aromatic carbocycles. The zero-order chi connectivity index (χ0) is 15.5. The second kappa shape index (κ2) is 7.84. The SMILES string of the molecule is CCC1c2ccsc2CCN1C(=O)CCc1ccccc1N.Cl. The molecule has 23 heavy (non-hydrogen) atoms.